The summed E-state index contributed by atoms with van der Waals surface area (Å²) in [6.07, 6.45) is 1.47. The molecule has 126 valence electrons. The van der Waals surface area contributed by atoms with Crippen molar-refractivity contribution in [1.29, 1.82) is 0 Å². The Morgan fingerprint density at radius 3 is 2.48 bits per heavy atom. The second kappa shape index (κ2) is 6.93. The molecule has 0 radical (unpaired) electrons. The van der Waals surface area contributed by atoms with Gasteiger partial charge in [-0.25, -0.2) is 9.69 Å². The van der Waals surface area contributed by atoms with Crippen LogP contribution in [0, 0.1) is 6.92 Å². The van der Waals surface area contributed by atoms with Crippen molar-refractivity contribution in [1.82, 2.24) is 5.32 Å². The van der Waals surface area contributed by atoms with E-state index in [1.54, 1.807) is 36.4 Å². The number of amides is 4. The molecule has 4 amide bonds. The van der Waals surface area contributed by atoms with Gasteiger partial charge in [-0.2, -0.15) is 0 Å². The Labute approximate surface area is 161 Å². The molecule has 7 heteroatoms. The molecule has 25 heavy (non-hydrogen) atoms. The first kappa shape index (κ1) is 17.6. The summed E-state index contributed by atoms with van der Waals surface area (Å²) < 4.78 is 1.68. The molecule has 0 saturated carbocycles. The summed E-state index contributed by atoms with van der Waals surface area (Å²) in [5, 5.41) is 2.21. The number of aryl methyl sites for hydroxylation is 1. The molecule has 1 saturated heterocycles. The third-order valence-corrected chi connectivity index (χ3v) is 5.04. The lowest BCUT2D eigenvalue weighted by Crippen LogP contribution is -2.54. The molecule has 0 aromatic heterocycles. The van der Waals surface area contributed by atoms with Crippen molar-refractivity contribution in [2.45, 2.75) is 6.92 Å². The lowest BCUT2D eigenvalue weighted by atomic mass is 10.1. The lowest BCUT2D eigenvalue weighted by Gasteiger charge is -2.26. The molecule has 1 aliphatic heterocycles. The molecule has 0 bridgehead atoms. The summed E-state index contributed by atoms with van der Waals surface area (Å²) in [6.45, 7) is 1.85. The minimum absolute atomic E-state index is 0.0988. The normalized spacial score (nSPS) is 16.4. The number of hydrogen-bond acceptors (Lipinski definition) is 3. The van der Waals surface area contributed by atoms with E-state index >= 15 is 0 Å². The van der Waals surface area contributed by atoms with Gasteiger partial charge in [0.15, 0.2) is 0 Å². The Morgan fingerprint density at radius 2 is 1.80 bits per heavy atom. The first-order valence-corrected chi connectivity index (χ1v) is 8.88. The summed E-state index contributed by atoms with van der Waals surface area (Å²) in [7, 11) is 0. The smallest absolute Gasteiger partial charge is 0.273 e. The highest BCUT2D eigenvalue weighted by molar-refractivity contribution is 9.10. The fraction of sp³-hybridized carbons (Fsp3) is 0.0556. The number of anilines is 1. The monoisotopic (exact) mass is 462 g/mol. The van der Waals surface area contributed by atoms with Crippen LogP contribution in [0.5, 0.6) is 0 Å². The Balaban J connectivity index is 2.03. The van der Waals surface area contributed by atoms with Gasteiger partial charge in [0.25, 0.3) is 11.8 Å². The van der Waals surface area contributed by atoms with Gasteiger partial charge in [-0.3, -0.25) is 14.9 Å². The van der Waals surface area contributed by atoms with Crippen LogP contribution < -0.4 is 10.2 Å². The Hall–Kier alpha value is -2.25. The Kier molecular flexibility index (Phi) is 4.87. The number of carbonyl (C=O) groups excluding carboxylic acids is 3. The predicted octanol–water partition coefficient (Wildman–Crippen LogP) is 4.19. The summed E-state index contributed by atoms with van der Waals surface area (Å²) in [4.78, 5) is 38.1. The van der Waals surface area contributed by atoms with E-state index in [0.717, 1.165) is 19.4 Å². The molecule has 0 spiro atoms. The summed E-state index contributed by atoms with van der Waals surface area (Å²) in [5.41, 5.74) is 1.84. The standard InChI is InChI=1S/C18H12Br2N2O3/c1-10-7-13(5-6-15(10)20)22-17(24)14(16(23)21-18(22)25)9-11-3-2-4-12(19)8-11/h2-9H,1H3,(H,21,23,25). The second-order valence-corrected chi connectivity index (χ2v) is 7.22. The van der Waals surface area contributed by atoms with E-state index in [1.807, 2.05) is 13.0 Å². The number of halogens is 2. The minimum atomic E-state index is -0.761. The number of imide groups is 2. The average Bonchev–Trinajstić information content (AvgIpc) is 2.55. The first-order chi connectivity index (χ1) is 11.9. The van der Waals surface area contributed by atoms with Crippen LogP contribution in [0.4, 0.5) is 10.5 Å². The van der Waals surface area contributed by atoms with Gasteiger partial charge in [-0.15, -0.1) is 0 Å². The molecular formula is C18H12Br2N2O3. The molecule has 0 unspecified atom stereocenters. The van der Waals surface area contributed by atoms with Gasteiger partial charge >= 0.3 is 6.03 Å². The topological polar surface area (TPSA) is 66.5 Å². The Morgan fingerprint density at radius 1 is 1.04 bits per heavy atom. The number of carbonyl (C=O) groups is 3. The molecule has 5 nitrogen and oxygen atoms in total. The van der Waals surface area contributed by atoms with Crippen molar-refractivity contribution in [3.05, 3.63) is 68.1 Å². The maximum absolute atomic E-state index is 12.8. The second-order valence-electron chi connectivity index (χ2n) is 5.45. The SMILES string of the molecule is Cc1cc(N2C(=O)NC(=O)C(=Cc3cccc(Br)c3)C2=O)ccc1Br. The zero-order chi connectivity index (χ0) is 18.1. The maximum atomic E-state index is 12.8. The van der Waals surface area contributed by atoms with Gasteiger partial charge in [0.05, 0.1) is 5.69 Å². The van der Waals surface area contributed by atoms with Crippen LogP contribution in [-0.2, 0) is 9.59 Å². The van der Waals surface area contributed by atoms with E-state index in [4.69, 9.17) is 0 Å². The van der Waals surface area contributed by atoms with Crippen molar-refractivity contribution in [3.8, 4) is 0 Å². The number of hydrogen-bond donors (Lipinski definition) is 1. The highest BCUT2D eigenvalue weighted by atomic mass is 79.9. The number of benzene rings is 2. The van der Waals surface area contributed by atoms with E-state index in [9.17, 15) is 14.4 Å². The van der Waals surface area contributed by atoms with Gasteiger partial charge in [0, 0.05) is 8.95 Å². The van der Waals surface area contributed by atoms with Gasteiger partial charge in [0.2, 0.25) is 0 Å². The van der Waals surface area contributed by atoms with E-state index in [-0.39, 0.29) is 5.57 Å². The van der Waals surface area contributed by atoms with Crippen LogP contribution in [0.15, 0.2) is 57.0 Å². The highest BCUT2D eigenvalue weighted by Gasteiger charge is 2.36. The molecule has 2 aromatic carbocycles. The number of nitrogens with zero attached hydrogens (tertiary/aromatic N) is 1. The van der Waals surface area contributed by atoms with Crippen LogP contribution in [-0.4, -0.2) is 17.8 Å². The van der Waals surface area contributed by atoms with Crippen LogP contribution in [0.3, 0.4) is 0 Å². The quantitative estimate of drug-likeness (QED) is 0.536. The highest BCUT2D eigenvalue weighted by Crippen LogP contribution is 2.26. The van der Waals surface area contributed by atoms with E-state index < -0.39 is 17.8 Å². The van der Waals surface area contributed by atoms with Crippen molar-refractivity contribution >= 4 is 61.5 Å². The predicted molar refractivity (Wildman–Crippen MR) is 102 cm³/mol. The lowest BCUT2D eigenvalue weighted by molar-refractivity contribution is -0.122. The van der Waals surface area contributed by atoms with Crippen molar-refractivity contribution < 1.29 is 14.4 Å². The number of barbiturate groups is 1. The molecule has 3 rings (SSSR count). The van der Waals surface area contributed by atoms with E-state index in [2.05, 4.69) is 37.2 Å². The zero-order valence-corrected chi connectivity index (χ0v) is 16.2. The van der Waals surface area contributed by atoms with Crippen LogP contribution in [0.25, 0.3) is 6.08 Å². The van der Waals surface area contributed by atoms with Crippen molar-refractivity contribution in [2.24, 2.45) is 0 Å². The van der Waals surface area contributed by atoms with E-state index in [1.165, 1.54) is 6.08 Å². The number of nitrogens with one attached hydrogen (secondary N) is 1. The van der Waals surface area contributed by atoms with Crippen LogP contribution in [0.1, 0.15) is 11.1 Å². The third kappa shape index (κ3) is 3.57. The molecule has 1 fully saturated rings. The summed E-state index contributed by atoms with van der Waals surface area (Å²) >= 11 is 6.73. The summed E-state index contributed by atoms with van der Waals surface area (Å²) in [6, 6.07) is 11.5. The van der Waals surface area contributed by atoms with Crippen molar-refractivity contribution in [3.63, 3.8) is 0 Å². The number of rotatable bonds is 2. The third-order valence-electron chi connectivity index (χ3n) is 3.66. The largest absolute Gasteiger partial charge is 0.335 e. The minimum Gasteiger partial charge on any atom is -0.273 e. The van der Waals surface area contributed by atoms with Gasteiger partial charge < -0.3 is 0 Å². The molecule has 1 N–H and O–H groups in total. The number of urea groups is 1. The van der Waals surface area contributed by atoms with Gasteiger partial charge in [0.1, 0.15) is 5.57 Å². The van der Waals surface area contributed by atoms with Gasteiger partial charge in [-0.05, 0) is 54.5 Å². The average molecular weight is 464 g/mol. The molecule has 1 heterocycles. The Bertz CT molecular complexity index is 938. The summed E-state index contributed by atoms with van der Waals surface area (Å²) in [5.74, 6) is -1.37. The first-order valence-electron chi connectivity index (χ1n) is 7.30. The van der Waals surface area contributed by atoms with Crippen LogP contribution in [0.2, 0.25) is 0 Å². The molecule has 1 aliphatic rings. The molecule has 0 atom stereocenters. The molecule has 2 aromatic rings. The van der Waals surface area contributed by atoms with Crippen LogP contribution >= 0.6 is 31.9 Å². The maximum Gasteiger partial charge on any atom is 0.335 e. The molecule has 0 aliphatic carbocycles. The fourth-order valence-corrected chi connectivity index (χ4v) is 3.09. The fourth-order valence-electron chi connectivity index (χ4n) is 2.42. The zero-order valence-electron chi connectivity index (χ0n) is 13.0. The molecular weight excluding hydrogens is 452 g/mol. The van der Waals surface area contributed by atoms with Gasteiger partial charge in [-0.1, -0.05) is 44.0 Å². The van der Waals surface area contributed by atoms with E-state index in [0.29, 0.717) is 11.3 Å². The van der Waals surface area contributed by atoms with Crippen molar-refractivity contribution in [2.75, 3.05) is 4.90 Å².